The highest BCUT2D eigenvalue weighted by molar-refractivity contribution is 5.42. The molecule has 4 rings (SSSR count). The van der Waals surface area contributed by atoms with Gasteiger partial charge in [-0.2, -0.15) is 23.0 Å². The van der Waals surface area contributed by atoms with E-state index in [1.165, 1.54) is 37.8 Å². The Morgan fingerprint density at radius 1 is 1.21 bits per heavy atom. The molecule has 150 valence electrons. The molecule has 1 aromatic carbocycles. The molecular formula is C20H17F3N4O2. The first-order valence-corrected chi connectivity index (χ1v) is 9.01. The van der Waals surface area contributed by atoms with Crippen molar-refractivity contribution >= 4 is 0 Å². The smallest absolute Gasteiger partial charge is 0.416 e. The van der Waals surface area contributed by atoms with Crippen LogP contribution < -0.4 is 10.3 Å². The molecule has 1 aliphatic rings. The van der Waals surface area contributed by atoms with Crippen LogP contribution >= 0.6 is 0 Å². The van der Waals surface area contributed by atoms with Gasteiger partial charge in [0.1, 0.15) is 5.75 Å². The van der Waals surface area contributed by atoms with E-state index in [0.717, 1.165) is 10.7 Å². The quantitative estimate of drug-likeness (QED) is 0.672. The highest BCUT2D eigenvalue weighted by Crippen LogP contribution is 2.41. The number of hydrogen-bond donors (Lipinski definition) is 0. The fraction of sp³-hybridized carbons (Fsp3) is 0.300. The van der Waals surface area contributed by atoms with Gasteiger partial charge in [0, 0.05) is 18.0 Å². The Morgan fingerprint density at radius 2 is 1.97 bits per heavy atom. The molecule has 0 saturated carbocycles. The summed E-state index contributed by atoms with van der Waals surface area (Å²) < 4.78 is 46.8. The Bertz CT molecular complexity index is 1100. The molecule has 0 aliphatic heterocycles. The number of halogens is 3. The van der Waals surface area contributed by atoms with Crippen molar-refractivity contribution in [1.29, 1.82) is 0 Å². The van der Waals surface area contributed by atoms with Crippen molar-refractivity contribution < 1.29 is 17.9 Å². The molecule has 0 amide bonds. The predicted octanol–water partition coefficient (Wildman–Crippen LogP) is 3.32. The van der Waals surface area contributed by atoms with Crippen LogP contribution in [0.15, 0.2) is 47.7 Å². The van der Waals surface area contributed by atoms with Crippen molar-refractivity contribution in [3.05, 3.63) is 75.5 Å². The number of hydrogen-bond acceptors (Lipinski definition) is 5. The molecule has 0 saturated heterocycles. The molecule has 1 aliphatic carbocycles. The van der Waals surface area contributed by atoms with Crippen LogP contribution in [0, 0.1) is 0 Å². The van der Waals surface area contributed by atoms with Gasteiger partial charge in [0.15, 0.2) is 0 Å². The van der Waals surface area contributed by atoms with Gasteiger partial charge < -0.3 is 4.74 Å². The Morgan fingerprint density at radius 3 is 2.66 bits per heavy atom. The number of methoxy groups -OCH3 is 1. The number of fused-ring (bicyclic) bond motifs is 1. The third-order valence-corrected chi connectivity index (χ3v) is 5.12. The van der Waals surface area contributed by atoms with Crippen LogP contribution in [-0.4, -0.2) is 26.9 Å². The molecule has 6 nitrogen and oxygen atoms in total. The van der Waals surface area contributed by atoms with E-state index in [4.69, 9.17) is 4.74 Å². The minimum Gasteiger partial charge on any atom is -0.497 e. The van der Waals surface area contributed by atoms with E-state index in [-0.39, 0.29) is 23.0 Å². The fourth-order valence-electron chi connectivity index (χ4n) is 3.72. The van der Waals surface area contributed by atoms with Gasteiger partial charge in [0.05, 0.1) is 18.9 Å². The van der Waals surface area contributed by atoms with E-state index < -0.39 is 11.7 Å². The molecule has 0 radical (unpaired) electrons. The van der Waals surface area contributed by atoms with Crippen molar-refractivity contribution in [2.45, 2.75) is 31.4 Å². The maximum absolute atomic E-state index is 13.5. The number of alkyl halides is 3. The Labute approximate surface area is 164 Å². The summed E-state index contributed by atoms with van der Waals surface area (Å²) in [5.74, 6) is 0.141. The van der Waals surface area contributed by atoms with E-state index in [2.05, 4.69) is 15.1 Å². The molecule has 1 unspecified atom stereocenters. The maximum Gasteiger partial charge on any atom is 0.416 e. The Hall–Kier alpha value is -3.23. The minimum absolute atomic E-state index is 0.162. The van der Waals surface area contributed by atoms with Crippen LogP contribution in [0.1, 0.15) is 34.6 Å². The average Bonchev–Trinajstić information content (AvgIpc) is 2.73. The van der Waals surface area contributed by atoms with Crippen molar-refractivity contribution in [3.8, 4) is 11.7 Å². The first-order chi connectivity index (χ1) is 13.9. The third-order valence-electron chi connectivity index (χ3n) is 5.12. The Balaban J connectivity index is 1.72. The van der Waals surface area contributed by atoms with Crippen molar-refractivity contribution in [2.24, 2.45) is 0 Å². The zero-order valence-corrected chi connectivity index (χ0v) is 15.5. The van der Waals surface area contributed by atoms with Gasteiger partial charge in [-0.15, -0.1) is 0 Å². The van der Waals surface area contributed by atoms with Crippen molar-refractivity contribution in [2.75, 3.05) is 7.11 Å². The lowest BCUT2D eigenvalue weighted by atomic mass is 9.79. The van der Waals surface area contributed by atoms with Crippen LogP contribution in [0.25, 0.3) is 5.95 Å². The molecule has 1 atom stereocenters. The van der Waals surface area contributed by atoms with Crippen LogP contribution in [0.5, 0.6) is 5.75 Å². The van der Waals surface area contributed by atoms with E-state index in [1.807, 2.05) is 0 Å². The van der Waals surface area contributed by atoms with E-state index in [0.29, 0.717) is 36.1 Å². The summed E-state index contributed by atoms with van der Waals surface area (Å²) in [6, 6.07) is 5.42. The molecule has 0 bridgehead atoms. The molecular weight excluding hydrogens is 385 g/mol. The summed E-state index contributed by atoms with van der Waals surface area (Å²) in [5, 5.41) is 4.13. The number of rotatable bonds is 3. The largest absolute Gasteiger partial charge is 0.497 e. The summed E-state index contributed by atoms with van der Waals surface area (Å²) in [7, 11) is 1.42. The number of aromatic nitrogens is 4. The maximum atomic E-state index is 13.5. The normalized spacial score (nSPS) is 16.3. The number of nitrogens with zero attached hydrogens (tertiary/aromatic N) is 4. The summed E-state index contributed by atoms with van der Waals surface area (Å²) in [4.78, 5) is 20.9. The first kappa shape index (κ1) is 19.1. The second kappa shape index (κ2) is 7.31. The number of ether oxygens (including phenoxy) is 1. The average molecular weight is 402 g/mol. The highest BCUT2D eigenvalue weighted by Gasteiger charge is 2.36. The van der Waals surface area contributed by atoms with Gasteiger partial charge in [0.25, 0.3) is 11.5 Å². The summed E-state index contributed by atoms with van der Waals surface area (Å²) in [6.07, 6.45) is 1.13. The van der Waals surface area contributed by atoms with E-state index in [1.54, 1.807) is 6.07 Å². The number of benzene rings is 1. The van der Waals surface area contributed by atoms with E-state index >= 15 is 0 Å². The van der Waals surface area contributed by atoms with Gasteiger partial charge in [-0.1, -0.05) is 0 Å². The topological polar surface area (TPSA) is 69.9 Å². The second-order valence-electron chi connectivity index (χ2n) is 6.80. The monoisotopic (exact) mass is 402 g/mol. The SMILES string of the molecule is COc1ccc(C(F)(F)F)c(C2CCc3c(cnn(-c4ncccn4)c3=O)C2)c1. The standard InChI is InChI=1S/C20H17F3N4O2/c1-29-14-4-6-17(20(21,22)23)16(10-14)12-3-5-15-13(9-12)11-26-27(18(15)28)19-24-7-2-8-25-19/h2,4,6-8,10-12H,3,5,9H2,1H3. The molecule has 3 aromatic rings. The molecule has 0 spiro atoms. The van der Waals surface area contributed by atoms with Crippen LogP contribution in [0.4, 0.5) is 13.2 Å². The van der Waals surface area contributed by atoms with Gasteiger partial charge in [-0.3, -0.25) is 4.79 Å². The molecule has 2 heterocycles. The molecule has 9 heteroatoms. The fourth-order valence-corrected chi connectivity index (χ4v) is 3.72. The van der Waals surface area contributed by atoms with E-state index in [9.17, 15) is 18.0 Å². The van der Waals surface area contributed by atoms with Gasteiger partial charge in [-0.05, 0) is 60.6 Å². The lowest BCUT2D eigenvalue weighted by Gasteiger charge is -2.27. The highest BCUT2D eigenvalue weighted by atomic mass is 19.4. The molecule has 0 fully saturated rings. The van der Waals surface area contributed by atoms with Crippen molar-refractivity contribution in [3.63, 3.8) is 0 Å². The van der Waals surface area contributed by atoms with Crippen LogP contribution in [-0.2, 0) is 19.0 Å². The third kappa shape index (κ3) is 3.59. The molecule has 29 heavy (non-hydrogen) atoms. The summed E-state index contributed by atoms with van der Waals surface area (Å²) in [5.41, 5.74) is 0.354. The van der Waals surface area contributed by atoms with Gasteiger partial charge >= 0.3 is 6.18 Å². The lowest BCUT2D eigenvalue weighted by Crippen LogP contribution is -2.31. The predicted molar refractivity (Wildman–Crippen MR) is 98.2 cm³/mol. The molecule has 0 N–H and O–H groups in total. The van der Waals surface area contributed by atoms with Gasteiger partial charge in [0.2, 0.25) is 0 Å². The molecule has 2 aromatic heterocycles. The van der Waals surface area contributed by atoms with Gasteiger partial charge in [-0.25, -0.2) is 9.97 Å². The first-order valence-electron chi connectivity index (χ1n) is 9.01. The zero-order valence-electron chi connectivity index (χ0n) is 15.5. The minimum atomic E-state index is -4.46. The summed E-state index contributed by atoms with van der Waals surface area (Å²) >= 11 is 0. The van der Waals surface area contributed by atoms with Crippen LogP contribution in [0.2, 0.25) is 0 Å². The second-order valence-corrected chi connectivity index (χ2v) is 6.80. The van der Waals surface area contributed by atoms with Crippen LogP contribution in [0.3, 0.4) is 0 Å². The lowest BCUT2D eigenvalue weighted by molar-refractivity contribution is -0.138. The zero-order chi connectivity index (χ0) is 20.6. The summed E-state index contributed by atoms with van der Waals surface area (Å²) in [6.45, 7) is 0. The van der Waals surface area contributed by atoms with Crippen molar-refractivity contribution in [1.82, 2.24) is 19.7 Å². The Kier molecular flexibility index (Phi) is 4.81.